The van der Waals surface area contributed by atoms with Crippen LogP contribution in [0.5, 0.6) is 0 Å². The van der Waals surface area contributed by atoms with Crippen molar-refractivity contribution in [3.8, 4) is 0 Å². The van der Waals surface area contributed by atoms with Gasteiger partial charge in [0.05, 0.1) is 10.4 Å². The lowest BCUT2D eigenvalue weighted by atomic mass is 10.1. The number of nitro groups is 1. The third-order valence-electron chi connectivity index (χ3n) is 3.29. The predicted molar refractivity (Wildman–Crippen MR) is 79.2 cm³/mol. The first kappa shape index (κ1) is 15.0. The first-order chi connectivity index (χ1) is 10.1. The van der Waals surface area contributed by atoms with Gasteiger partial charge in [0.15, 0.2) is 5.69 Å². The molecule has 0 aliphatic rings. The van der Waals surface area contributed by atoms with Crippen molar-refractivity contribution in [2.24, 2.45) is 0 Å². The molecule has 0 unspecified atom stereocenters. The number of fused-ring (bicyclic) bond motifs is 1. The highest BCUT2D eigenvalue weighted by Gasteiger charge is 2.16. The molecule has 2 N–H and O–H groups in total. The number of nitrogens with one attached hydrogen (secondary N) is 2. The van der Waals surface area contributed by atoms with Gasteiger partial charge in [0.2, 0.25) is 0 Å². The maximum absolute atomic E-state index is 12.1. The summed E-state index contributed by atoms with van der Waals surface area (Å²) in [7, 11) is 0. The van der Waals surface area contributed by atoms with Gasteiger partial charge in [0.25, 0.3) is 11.6 Å². The highest BCUT2D eigenvalue weighted by atomic mass is 16.6. The molecule has 1 aromatic heterocycles. The molecule has 2 rings (SSSR count). The Morgan fingerprint density at radius 1 is 1.38 bits per heavy atom. The second-order valence-electron chi connectivity index (χ2n) is 4.88. The lowest BCUT2D eigenvalue weighted by Crippen LogP contribution is -2.25. The number of nitrogens with zero attached hydrogens (tertiary/aromatic N) is 2. The number of nitro benzene ring substituents is 1. The minimum Gasteiger partial charge on any atom is -0.351 e. The van der Waals surface area contributed by atoms with Gasteiger partial charge in [0, 0.05) is 24.1 Å². The lowest BCUT2D eigenvalue weighted by Gasteiger charge is -2.03. The zero-order valence-corrected chi connectivity index (χ0v) is 11.9. The van der Waals surface area contributed by atoms with E-state index in [-0.39, 0.29) is 17.3 Å². The molecule has 0 saturated carbocycles. The van der Waals surface area contributed by atoms with Crippen molar-refractivity contribution in [1.82, 2.24) is 15.5 Å². The quantitative estimate of drug-likeness (QED) is 0.465. The summed E-state index contributed by atoms with van der Waals surface area (Å²) in [6.07, 6.45) is 4.28. The van der Waals surface area contributed by atoms with Gasteiger partial charge in [-0.2, -0.15) is 5.10 Å². The predicted octanol–water partition coefficient (Wildman–Crippen LogP) is 2.78. The van der Waals surface area contributed by atoms with Crippen molar-refractivity contribution in [3.63, 3.8) is 0 Å². The highest BCUT2D eigenvalue weighted by molar-refractivity contribution is 6.05. The van der Waals surface area contributed by atoms with E-state index in [1.807, 2.05) is 0 Å². The zero-order chi connectivity index (χ0) is 15.2. The zero-order valence-electron chi connectivity index (χ0n) is 11.9. The molecule has 1 amide bonds. The summed E-state index contributed by atoms with van der Waals surface area (Å²) in [4.78, 5) is 22.4. The van der Waals surface area contributed by atoms with Crippen LogP contribution in [0.2, 0.25) is 0 Å². The fourth-order valence-electron chi connectivity index (χ4n) is 2.13. The minimum absolute atomic E-state index is 0.0547. The Morgan fingerprint density at radius 2 is 2.19 bits per heavy atom. The van der Waals surface area contributed by atoms with E-state index in [0.717, 1.165) is 25.7 Å². The number of benzene rings is 1. The molecule has 1 heterocycles. The summed E-state index contributed by atoms with van der Waals surface area (Å²) in [5, 5.41) is 20.7. The standard InChI is InChI=1S/C14H18N4O3/c1-2-3-4-5-8-15-14(19)13-11-9-10(18(20)21)6-7-12(11)16-17-13/h6-7,9H,2-5,8H2,1H3,(H,15,19)(H,16,17). The summed E-state index contributed by atoms with van der Waals surface area (Å²) in [5.41, 5.74) is 0.752. The van der Waals surface area contributed by atoms with Crippen LogP contribution in [0.15, 0.2) is 18.2 Å². The molecule has 0 spiro atoms. The van der Waals surface area contributed by atoms with Crippen LogP contribution in [-0.4, -0.2) is 27.6 Å². The van der Waals surface area contributed by atoms with Crippen molar-refractivity contribution in [1.29, 1.82) is 0 Å². The van der Waals surface area contributed by atoms with Crippen LogP contribution in [0.3, 0.4) is 0 Å². The van der Waals surface area contributed by atoms with Gasteiger partial charge in [-0.15, -0.1) is 0 Å². The van der Waals surface area contributed by atoms with Crippen molar-refractivity contribution in [2.45, 2.75) is 32.6 Å². The van der Waals surface area contributed by atoms with Crippen molar-refractivity contribution in [3.05, 3.63) is 34.0 Å². The Kier molecular flexibility index (Phi) is 4.86. The summed E-state index contributed by atoms with van der Waals surface area (Å²) in [6, 6.07) is 4.30. The van der Waals surface area contributed by atoms with Crippen molar-refractivity contribution in [2.75, 3.05) is 6.54 Å². The van der Waals surface area contributed by atoms with Gasteiger partial charge in [-0.05, 0) is 12.5 Å². The number of non-ortho nitro benzene ring substituents is 1. The van der Waals surface area contributed by atoms with Gasteiger partial charge in [0.1, 0.15) is 0 Å². The monoisotopic (exact) mass is 290 g/mol. The van der Waals surface area contributed by atoms with E-state index in [1.165, 1.54) is 12.1 Å². The lowest BCUT2D eigenvalue weighted by molar-refractivity contribution is -0.384. The van der Waals surface area contributed by atoms with E-state index in [4.69, 9.17) is 0 Å². The smallest absolute Gasteiger partial charge is 0.272 e. The van der Waals surface area contributed by atoms with Crippen LogP contribution in [0.4, 0.5) is 5.69 Å². The number of unbranched alkanes of at least 4 members (excludes halogenated alkanes) is 3. The molecule has 21 heavy (non-hydrogen) atoms. The minimum atomic E-state index is -0.487. The summed E-state index contributed by atoms with van der Waals surface area (Å²) < 4.78 is 0. The molecule has 0 radical (unpaired) electrons. The normalized spacial score (nSPS) is 10.7. The molecule has 7 nitrogen and oxygen atoms in total. The Bertz CT molecular complexity index is 651. The summed E-state index contributed by atoms with van der Waals surface area (Å²) in [6.45, 7) is 2.71. The average molecular weight is 290 g/mol. The van der Waals surface area contributed by atoms with Gasteiger partial charge in [-0.3, -0.25) is 20.0 Å². The van der Waals surface area contributed by atoms with Gasteiger partial charge in [-0.1, -0.05) is 26.2 Å². The largest absolute Gasteiger partial charge is 0.351 e. The second-order valence-corrected chi connectivity index (χ2v) is 4.88. The van der Waals surface area contributed by atoms with Crippen LogP contribution >= 0.6 is 0 Å². The van der Waals surface area contributed by atoms with Crippen molar-refractivity contribution >= 4 is 22.5 Å². The SMILES string of the molecule is CCCCCCNC(=O)c1n[nH]c2ccc([N+](=O)[O-])cc12. The van der Waals surface area contributed by atoms with Crippen LogP contribution in [0.1, 0.15) is 43.1 Å². The van der Waals surface area contributed by atoms with Crippen LogP contribution in [0.25, 0.3) is 10.9 Å². The fourth-order valence-corrected chi connectivity index (χ4v) is 2.13. The van der Waals surface area contributed by atoms with E-state index >= 15 is 0 Å². The Labute approximate surface area is 121 Å². The number of aromatic nitrogens is 2. The van der Waals surface area contributed by atoms with E-state index in [9.17, 15) is 14.9 Å². The first-order valence-corrected chi connectivity index (χ1v) is 7.04. The molecule has 7 heteroatoms. The number of aromatic amines is 1. The molecule has 0 aliphatic heterocycles. The molecule has 112 valence electrons. The van der Waals surface area contributed by atoms with E-state index in [1.54, 1.807) is 6.07 Å². The number of amides is 1. The Balaban J connectivity index is 2.08. The number of rotatable bonds is 7. The Morgan fingerprint density at radius 3 is 2.90 bits per heavy atom. The van der Waals surface area contributed by atoms with E-state index in [2.05, 4.69) is 22.4 Å². The third kappa shape index (κ3) is 3.56. The van der Waals surface area contributed by atoms with Gasteiger partial charge >= 0.3 is 0 Å². The second kappa shape index (κ2) is 6.83. The molecule has 0 atom stereocenters. The van der Waals surface area contributed by atoms with Gasteiger partial charge < -0.3 is 5.32 Å². The van der Waals surface area contributed by atoms with Gasteiger partial charge in [-0.25, -0.2) is 0 Å². The Hall–Kier alpha value is -2.44. The number of carbonyl (C=O) groups excluding carboxylic acids is 1. The molecule has 0 aliphatic carbocycles. The molecular weight excluding hydrogens is 272 g/mol. The fraction of sp³-hybridized carbons (Fsp3) is 0.429. The molecule has 2 aromatic rings. The molecule has 0 fully saturated rings. The number of hydrogen-bond donors (Lipinski definition) is 2. The maximum Gasteiger partial charge on any atom is 0.272 e. The number of carbonyl (C=O) groups is 1. The first-order valence-electron chi connectivity index (χ1n) is 7.04. The average Bonchev–Trinajstić information content (AvgIpc) is 2.89. The molecular formula is C14H18N4O3. The molecule has 0 bridgehead atoms. The van der Waals surface area contributed by atoms with E-state index in [0.29, 0.717) is 17.4 Å². The maximum atomic E-state index is 12.1. The third-order valence-corrected chi connectivity index (χ3v) is 3.29. The summed E-state index contributed by atoms with van der Waals surface area (Å²) >= 11 is 0. The summed E-state index contributed by atoms with van der Waals surface area (Å²) in [5.74, 6) is -0.307. The van der Waals surface area contributed by atoms with E-state index < -0.39 is 4.92 Å². The van der Waals surface area contributed by atoms with Crippen LogP contribution in [0, 0.1) is 10.1 Å². The van der Waals surface area contributed by atoms with Crippen molar-refractivity contribution < 1.29 is 9.72 Å². The molecule has 0 saturated heterocycles. The number of H-pyrrole nitrogens is 1. The molecule has 1 aromatic carbocycles. The number of hydrogen-bond acceptors (Lipinski definition) is 4. The van der Waals surface area contributed by atoms with Crippen LogP contribution in [-0.2, 0) is 0 Å². The topological polar surface area (TPSA) is 101 Å². The van der Waals surface area contributed by atoms with Crippen LogP contribution < -0.4 is 5.32 Å². The highest BCUT2D eigenvalue weighted by Crippen LogP contribution is 2.21.